The summed E-state index contributed by atoms with van der Waals surface area (Å²) in [5.74, 6) is 0. The second-order valence-electron chi connectivity index (χ2n) is 5.12. The van der Waals surface area contributed by atoms with Gasteiger partial charge in [0.25, 0.3) is 0 Å². The molecule has 8 heteroatoms. The molecule has 1 heterocycles. The normalized spacial score (nSPS) is 17.4. The molecule has 0 amide bonds. The second-order valence-corrected chi connectivity index (χ2v) is 9.31. The topological polar surface area (TPSA) is 81.4 Å². The predicted molar refractivity (Wildman–Crippen MR) is 83.3 cm³/mol. The number of nitrogens with two attached hydrogens (primary N) is 1. The van der Waals surface area contributed by atoms with Gasteiger partial charge in [-0.15, -0.1) is 11.3 Å². The monoisotopic (exact) mass is 382 g/mol. The summed E-state index contributed by atoms with van der Waals surface area (Å²) in [6.45, 7) is 1.48. The molecule has 1 aromatic heterocycles. The van der Waals surface area contributed by atoms with Crippen LogP contribution in [0.5, 0.6) is 0 Å². The average Bonchev–Trinajstić information content (AvgIpc) is 3.09. The van der Waals surface area contributed by atoms with Gasteiger partial charge in [-0.05, 0) is 46.7 Å². The molecular formula is C12H19BrN2O3S2. The van der Waals surface area contributed by atoms with Crippen LogP contribution in [0.25, 0.3) is 0 Å². The molecule has 0 unspecified atom stereocenters. The third kappa shape index (κ3) is 3.80. The van der Waals surface area contributed by atoms with Crippen molar-refractivity contribution in [2.24, 2.45) is 11.1 Å². The van der Waals surface area contributed by atoms with E-state index in [-0.39, 0.29) is 10.3 Å². The highest BCUT2D eigenvalue weighted by atomic mass is 79.9. The van der Waals surface area contributed by atoms with Crippen molar-refractivity contribution >= 4 is 37.3 Å². The van der Waals surface area contributed by atoms with E-state index in [4.69, 9.17) is 10.5 Å². The van der Waals surface area contributed by atoms with Crippen LogP contribution in [-0.4, -0.2) is 28.7 Å². The molecule has 1 aliphatic rings. The maximum Gasteiger partial charge on any atom is 0.242 e. The van der Waals surface area contributed by atoms with Gasteiger partial charge >= 0.3 is 0 Å². The van der Waals surface area contributed by atoms with Gasteiger partial charge in [0.1, 0.15) is 4.90 Å². The Kier molecular flexibility index (Phi) is 5.25. The summed E-state index contributed by atoms with van der Waals surface area (Å²) in [4.78, 5) is 1.13. The maximum absolute atomic E-state index is 12.3. The van der Waals surface area contributed by atoms with E-state index in [1.165, 1.54) is 11.3 Å². The van der Waals surface area contributed by atoms with Crippen molar-refractivity contribution in [1.82, 2.24) is 4.72 Å². The van der Waals surface area contributed by atoms with Crippen molar-refractivity contribution in [1.29, 1.82) is 0 Å². The number of thiophene rings is 1. The minimum absolute atomic E-state index is 0.0856. The lowest BCUT2D eigenvalue weighted by Gasteiger charge is -2.15. The first-order valence-corrected chi connectivity index (χ1v) is 9.49. The zero-order chi connectivity index (χ0) is 14.8. The highest BCUT2D eigenvalue weighted by molar-refractivity contribution is 9.11. The largest absolute Gasteiger partial charge is 0.385 e. The number of hydrogen-bond acceptors (Lipinski definition) is 5. The van der Waals surface area contributed by atoms with Gasteiger partial charge in [0, 0.05) is 31.7 Å². The summed E-state index contributed by atoms with van der Waals surface area (Å²) in [6.07, 6.45) is 3.00. The minimum Gasteiger partial charge on any atom is -0.385 e. The summed E-state index contributed by atoms with van der Waals surface area (Å²) in [6, 6.07) is 1.63. The molecule has 1 fully saturated rings. The van der Waals surface area contributed by atoms with Crippen molar-refractivity contribution in [3.05, 3.63) is 14.7 Å². The smallest absolute Gasteiger partial charge is 0.242 e. The summed E-state index contributed by atoms with van der Waals surface area (Å²) >= 11 is 4.65. The molecule has 1 saturated carbocycles. The Morgan fingerprint density at radius 3 is 2.75 bits per heavy atom. The number of ether oxygens (including phenoxy) is 1. The van der Waals surface area contributed by atoms with Crippen LogP contribution >= 0.6 is 27.3 Å². The van der Waals surface area contributed by atoms with Gasteiger partial charge in [-0.25, -0.2) is 13.1 Å². The van der Waals surface area contributed by atoms with Crippen molar-refractivity contribution < 1.29 is 13.2 Å². The van der Waals surface area contributed by atoms with Gasteiger partial charge in [-0.2, -0.15) is 0 Å². The zero-order valence-electron chi connectivity index (χ0n) is 11.3. The fourth-order valence-corrected chi connectivity index (χ4v) is 5.73. The zero-order valence-corrected chi connectivity index (χ0v) is 14.5. The number of rotatable bonds is 8. The number of nitrogens with one attached hydrogen (secondary N) is 1. The molecular weight excluding hydrogens is 364 g/mol. The van der Waals surface area contributed by atoms with Gasteiger partial charge in [-0.3, -0.25) is 0 Å². The summed E-state index contributed by atoms with van der Waals surface area (Å²) in [5, 5.41) is 0. The molecule has 114 valence electrons. The molecule has 0 atom stereocenters. The van der Waals surface area contributed by atoms with Crippen molar-refractivity contribution in [2.75, 3.05) is 20.3 Å². The van der Waals surface area contributed by atoms with Crippen molar-refractivity contribution in [3.8, 4) is 0 Å². The number of sulfonamides is 1. The van der Waals surface area contributed by atoms with Crippen LogP contribution in [0.1, 0.15) is 24.1 Å². The van der Waals surface area contributed by atoms with Crippen LogP contribution < -0.4 is 10.5 Å². The first kappa shape index (κ1) is 16.4. The molecule has 0 spiro atoms. The summed E-state index contributed by atoms with van der Waals surface area (Å²) < 4.78 is 33.0. The Balaban J connectivity index is 2.02. The third-order valence-electron chi connectivity index (χ3n) is 3.63. The molecule has 3 N–H and O–H groups in total. The van der Waals surface area contributed by atoms with Gasteiger partial charge in [0.05, 0.1) is 3.79 Å². The number of methoxy groups -OCH3 is 1. The molecule has 0 aliphatic heterocycles. The molecule has 5 nitrogen and oxygen atoms in total. The molecule has 2 rings (SSSR count). The van der Waals surface area contributed by atoms with E-state index in [1.807, 2.05) is 0 Å². The van der Waals surface area contributed by atoms with E-state index in [9.17, 15) is 8.42 Å². The molecule has 0 bridgehead atoms. The Morgan fingerprint density at radius 1 is 1.55 bits per heavy atom. The third-order valence-corrected chi connectivity index (χ3v) is 7.30. The standard InChI is InChI=1S/C12H19BrN2O3S2/c1-18-5-4-12(2-3-12)8-15-20(16,17)10-6-9(7-14)19-11(10)13/h6,15H,2-5,7-8,14H2,1H3. The highest BCUT2D eigenvalue weighted by Gasteiger charge is 2.42. The van der Waals surface area contributed by atoms with E-state index in [2.05, 4.69) is 20.7 Å². The molecule has 1 aliphatic carbocycles. The molecule has 20 heavy (non-hydrogen) atoms. The van der Waals surface area contributed by atoms with Crippen LogP contribution in [0, 0.1) is 5.41 Å². The molecule has 0 aromatic carbocycles. The minimum atomic E-state index is -3.48. The Morgan fingerprint density at radius 2 is 2.25 bits per heavy atom. The highest BCUT2D eigenvalue weighted by Crippen LogP contribution is 2.48. The lowest BCUT2D eigenvalue weighted by Crippen LogP contribution is -2.30. The van der Waals surface area contributed by atoms with Crippen LogP contribution in [-0.2, 0) is 21.3 Å². The second kappa shape index (κ2) is 6.41. The lowest BCUT2D eigenvalue weighted by molar-refractivity contribution is 0.173. The van der Waals surface area contributed by atoms with Crippen LogP contribution in [0.3, 0.4) is 0 Å². The van der Waals surface area contributed by atoms with E-state index >= 15 is 0 Å². The Labute approximate surface area is 132 Å². The number of hydrogen-bond donors (Lipinski definition) is 2. The van der Waals surface area contributed by atoms with Crippen LogP contribution in [0.2, 0.25) is 0 Å². The first-order chi connectivity index (χ1) is 9.42. The van der Waals surface area contributed by atoms with E-state index in [0.717, 1.165) is 24.1 Å². The SMILES string of the molecule is COCCC1(CNS(=O)(=O)c2cc(CN)sc2Br)CC1. The fraction of sp³-hybridized carbons (Fsp3) is 0.667. The van der Waals surface area contributed by atoms with E-state index in [1.54, 1.807) is 13.2 Å². The van der Waals surface area contributed by atoms with Crippen LogP contribution in [0.4, 0.5) is 0 Å². The predicted octanol–water partition coefficient (Wildman–Crippen LogP) is 2.06. The molecule has 1 aromatic rings. The van der Waals surface area contributed by atoms with Gasteiger partial charge in [-0.1, -0.05) is 0 Å². The first-order valence-electron chi connectivity index (χ1n) is 6.39. The fourth-order valence-electron chi connectivity index (χ4n) is 2.02. The quantitative estimate of drug-likeness (QED) is 0.720. The van der Waals surface area contributed by atoms with E-state index in [0.29, 0.717) is 23.5 Å². The van der Waals surface area contributed by atoms with Gasteiger partial charge in [0.2, 0.25) is 10.0 Å². The molecule has 0 radical (unpaired) electrons. The van der Waals surface area contributed by atoms with Crippen LogP contribution in [0.15, 0.2) is 14.7 Å². The van der Waals surface area contributed by atoms with Crippen molar-refractivity contribution in [3.63, 3.8) is 0 Å². The summed E-state index contributed by atoms with van der Waals surface area (Å²) in [5.41, 5.74) is 5.63. The van der Waals surface area contributed by atoms with Gasteiger partial charge < -0.3 is 10.5 Å². The Bertz CT molecular complexity index is 567. The van der Waals surface area contributed by atoms with E-state index < -0.39 is 10.0 Å². The lowest BCUT2D eigenvalue weighted by atomic mass is 10.0. The molecule has 0 saturated heterocycles. The van der Waals surface area contributed by atoms with Crippen molar-refractivity contribution in [2.45, 2.75) is 30.7 Å². The average molecular weight is 383 g/mol. The Hall–Kier alpha value is 0.01000. The maximum atomic E-state index is 12.3. The van der Waals surface area contributed by atoms with Gasteiger partial charge in [0.15, 0.2) is 0 Å². The summed E-state index contributed by atoms with van der Waals surface area (Å²) in [7, 11) is -1.82. The number of halogens is 1.